The molecule has 0 aliphatic carbocycles. The Morgan fingerprint density at radius 1 is 0.939 bits per heavy atom. The van der Waals surface area contributed by atoms with E-state index in [2.05, 4.69) is 29.1 Å². The van der Waals surface area contributed by atoms with Crippen molar-refractivity contribution in [1.29, 1.82) is 0 Å². The van der Waals surface area contributed by atoms with Gasteiger partial charge in [0.15, 0.2) is 0 Å². The minimum atomic E-state index is -0.832. The van der Waals surface area contributed by atoms with Crippen molar-refractivity contribution in [3.8, 4) is 23.7 Å². The Morgan fingerprint density at radius 3 is 2.06 bits per heavy atom. The van der Waals surface area contributed by atoms with Crippen LogP contribution in [0.1, 0.15) is 48.7 Å². The number of hydrogen-bond donors (Lipinski definition) is 3. The third-order valence-electron chi connectivity index (χ3n) is 3.93. The SMILES string of the molecule is CC(C)(C)OC(=O)N(CCC(=O)NO)NC(=O)c1ccc(C#CC#Cc2ccccc2)cc1. The average molecular weight is 447 g/mol. The second-order valence-corrected chi connectivity index (χ2v) is 7.80. The maximum absolute atomic E-state index is 12.6. The molecule has 0 aliphatic heterocycles. The third kappa shape index (κ3) is 9.18. The molecule has 0 heterocycles. The molecule has 0 fully saturated rings. The maximum Gasteiger partial charge on any atom is 0.429 e. The van der Waals surface area contributed by atoms with Crippen LogP contribution in [0.25, 0.3) is 0 Å². The Morgan fingerprint density at radius 2 is 1.52 bits per heavy atom. The molecule has 0 saturated heterocycles. The van der Waals surface area contributed by atoms with E-state index in [-0.39, 0.29) is 18.5 Å². The van der Waals surface area contributed by atoms with Crippen molar-refractivity contribution >= 4 is 17.9 Å². The Balaban J connectivity index is 2.05. The minimum absolute atomic E-state index is 0.198. The quantitative estimate of drug-likeness (QED) is 0.380. The van der Waals surface area contributed by atoms with Crippen LogP contribution in [0.3, 0.4) is 0 Å². The molecule has 3 N–H and O–H groups in total. The van der Waals surface area contributed by atoms with Crippen molar-refractivity contribution in [3.05, 3.63) is 71.3 Å². The molecule has 8 nitrogen and oxygen atoms in total. The van der Waals surface area contributed by atoms with Crippen molar-refractivity contribution in [2.45, 2.75) is 32.8 Å². The van der Waals surface area contributed by atoms with Crippen molar-refractivity contribution < 1.29 is 24.3 Å². The summed E-state index contributed by atoms with van der Waals surface area (Å²) >= 11 is 0. The fraction of sp³-hybridized carbons (Fsp3) is 0.240. The third-order valence-corrected chi connectivity index (χ3v) is 3.93. The van der Waals surface area contributed by atoms with Crippen LogP contribution in [-0.2, 0) is 9.53 Å². The van der Waals surface area contributed by atoms with Gasteiger partial charge in [-0.05, 0) is 69.0 Å². The molecule has 0 aliphatic rings. The Kier molecular flexibility index (Phi) is 9.05. The summed E-state index contributed by atoms with van der Waals surface area (Å²) in [6, 6.07) is 15.9. The lowest BCUT2D eigenvalue weighted by molar-refractivity contribution is -0.129. The van der Waals surface area contributed by atoms with Gasteiger partial charge in [-0.25, -0.2) is 15.3 Å². The summed E-state index contributed by atoms with van der Waals surface area (Å²) in [5.74, 6) is 10.1. The lowest BCUT2D eigenvalue weighted by Crippen LogP contribution is -2.49. The van der Waals surface area contributed by atoms with E-state index in [0.29, 0.717) is 5.56 Å². The van der Waals surface area contributed by atoms with E-state index in [1.165, 1.54) is 5.48 Å². The highest BCUT2D eigenvalue weighted by Gasteiger charge is 2.24. The zero-order valence-corrected chi connectivity index (χ0v) is 18.6. The Bertz CT molecular complexity index is 1100. The molecule has 0 aromatic heterocycles. The second kappa shape index (κ2) is 11.9. The summed E-state index contributed by atoms with van der Waals surface area (Å²) in [7, 11) is 0. The summed E-state index contributed by atoms with van der Waals surface area (Å²) in [4.78, 5) is 36.3. The lowest BCUT2D eigenvalue weighted by Gasteiger charge is -2.27. The van der Waals surface area contributed by atoms with Crippen LogP contribution >= 0.6 is 0 Å². The lowest BCUT2D eigenvalue weighted by atomic mass is 10.1. The number of hydroxylamine groups is 1. The number of hydrazine groups is 1. The molecule has 2 aromatic carbocycles. The predicted molar refractivity (Wildman–Crippen MR) is 122 cm³/mol. The standard InChI is InChI=1S/C25H25N3O5/c1-25(2,3)33-24(31)28(18-17-22(29)27-32)26-23(30)21-15-13-20(14-16-21)12-8-7-11-19-9-5-4-6-10-19/h4-6,9-10,13-16,32H,17-18H2,1-3H3,(H,26,30)(H,27,29). The molecule has 0 atom stereocenters. The van der Waals surface area contributed by atoms with Gasteiger partial charge >= 0.3 is 6.09 Å². The fourth-order valence-electron chi connectivity index (χ4n) is 2.40. The second-order valence-electron chi connectivity index (χ2n) is 7.80. The topological polar surface area (TPSA) is 108 Å². The highest BCUT2D eigenvalue weighted by Crippen LogP contribution is 2.10. The molecule has 0 saturated carbocycles. The van der Waals surface area contributed by atoms with Gasteiger partial charge in [0, 0.05) is 23.1 Å². The minimum Gasteiger partial charge on any atom is -0.442 e. The number of hydrogen-bond acceptors (Lipinski definition) is 5. The molecular weight excluding hydrogens is 422 g/mol. The van der Waals surface area contributed by atoms with Crippen LogP contribution in [0.4, 0.5) is 4.79 Å². The first-order valence-electron chi connectivity index (χ1n) is 10.1. The van der Waals surface area contributed by atoms with Crippen LogP contribution in [-0.4, -0.2) is 40.3 Å². The van der Waals surface area contributed by atoms with Crippen molar-refractivity contribution in [3.63, 3.8) is 0 Å². The summed E-state index contributed by atoms with van der Waals surface area (Å²) in [6.07, 6.45) is -1.07. The van der Waals surface area contributed by atoms with E-state index < -0.39 is 23.5 Å². The number of nitrogens with one attached hydrogen (secondary N) is 2. The molecule has 3 amide bonds. The molecule has 8 heteroatoms. The molecular formula is C25H25N3O5. The van der Waals surface area contributed by atoms with Crippen LogP contribution in [0.15, 0.2) is 54.6 Å². The van der Waals surface area contributed by atoms with E-state index in [1.807, 2.05) is 30.3 Å². The van der Waals surface area contributed by atoms with E-state index in [0.717, 1.165) is 10.6 Å². The van der Waals surface area contributed by atoms with Gasteiger partial charge in [0.05, 0.1) is 6.54 Å². The highest BCUT2D eigenvalue weighted by atomic mass is 16.6. The van der Waals surface area contributed by atoms with Crippen molar-refractivity contribution in [2.24, 2.45) is 0 Å². The van der Waals surface area contributed by atoms with Gasteiger partial charge in [0.1, 0.15) is 5.60 Å². The summed E-state index contributed by atoms with van der Waals surface area (Å²) in [5, 5.41) is 9.54. The van der Waals surface area contributed by atoms with E-state index >= 15 is 0 Å². The highest BCUT2D eigenvalue weighted by molar-refractivity contribution is 5.95. The van der Waals surface area contributed by atoms with Gasteiger partial charge in [-0.3, -0.25) is 20.2 Å². The number of benzene rings is 2. The zero-order chi connectivity index (χ0) is 24.3. The molecule has 0 bridgehead atoms. The number of amides is 3. The molecule has 0 unspecified atom stereocenters. The molecule has 0 spiro atoms. The molecule has 170 valence electrons. The summed E-state index contributed by atoms with van der Waals surface area (Å²) in [6.45, 7) is 4.83. The van der Waals surface area contributed by atoms with Gasteiger partial charge in [-0.2, -0.15) is 0 Å². The maximum atomic E-state index is 12.6. The van der Waals surface area contributed by atoms with Crippen LogP contribution < -0.4 is 10.9 Å². The Hall–Kier alpha value is -4.27. The normalized spacial score (nSPS) is 9.94. The van der Waals surface area contributed by atoms with Crippen molar-refractivity contribution in [1.82, 2.24) is 15.9 Å². The Labute approximate surface area is 192 Å². The first kappa shape index (κ1) is 25.0. The molecule has 0 radical (unpaired) electrons. The summed E-state index contributed by atoms with van der Waals surface area (Å²) in [5.41, 5.74) is 4.90. The number of carbonyl (C=O) groups is 3. The molecule has 2 rings (SSSR count). The molecule has 33 heavy (non-hydrogen) atoms. The van der Waals surface area contributed by atoms with E-state index in [1.54, 1.807) is 45.0 Å². The van der Waals surface area contributed by atoms with Gasteiger partial charge in [-0.15, -0.1) is 0 Å². The van der Waals surface area contributed by atoms with Gasteiger partial charge in [0.25, 0.3) is 5.91 Å². The van der Waals surface area contributed by atoms with E-state index in [9.17, 15) is 14.4 Å². The first-order chi connectivity index (χ1) is 15.7. The van der Waals surface area contributed by atoms with Crippen LogP contribution in [0, 0.1) is 23.7 Å². The summed E-state index contributed by atoms with van der Waals surface area (Å²) < 4.78 is 5.26. The zero-order valence-electron chi connectivity index (χ0n) is 18.6. The number of carbonyl (C=O) groups excluding carboxylic acids is 3. The van der Waals surface area contributed by atoms with Gasteiger partial charge in [-0.1, -0.05) is 30.0 Å². The smallest absolute Gasteiger partial charge is 0.429 e. The van der Waals surface area contributed by atoms with Gasteiger partial charge < -0.3 is 4.74 Å². The average Bonchev–Trinajstić information content (AvgIpc) is 2.79. The van der Waals surface area contributed by atoms with Crippen LogP contribution in [0.5, 0.6) is 0 Å². The fourth-order valence-corrected chi connectivity index (χ4v) is 2.40. The predicted octanol–water partition coefficient (Wildman–Crippen LogP) is 2.87. The number of ether oxygens (including phenoxy) is 1. The van der Waals surface area contributed by atoms with E-state index in [4.69, 9.17) is 9.94 Å². The number of rotatable bonds is 4. The van der Waals surface area contributed by atoms with Crippen LogP contribution in [0.2, 0.25) is 0 Å². The molecule has 2 aromatic rings. The monoisotopic (exact) mass is 447 g/mol. The first-order valence-corrected chi connectivity index (χ1v) is 10.1. The number of nitrogens with zero attached hydrogens (tertiary/aromatic N) is 1. The van der Waals surface area contributed by atoms with Crippen molar-refractivity contribution in [2.75, 3.05) is 6.54 Å². The largest absolute Gasteiger partial charge is 0.442 e. The van der Waals surface area contributed by atoms with Gasteiger partial charge in [0.2, 0.25) is 5.91 Å².